The lowest BCUT2D eigenvalue weighted by Gasteiger charge is -2.30. The van der Waals surface area contributed by atoms with Gasteiger partial charge in [-0.1, -0.05) is 24.3 Å². The summed E-state index contributed by atoms with van der Waals surface area (Å²) in [4.78, 5) is 0. The first-order valence-corrected chi connectivity index (χ1v) is 7.99. The van der Waals surface area contributed by atoms with E-state index in [2.05, 4.69) is 0 Å². The third kappa shape index (κ3) is 3.76. The fraction of sp³-hybridized carbons (Fsp3) is 0.538. The molecule has 0 spiro atoms. The molecule has 0 amide bonds. The molecule has 0 aliphatic carbocycles. The number of rotatable bonds is 4. The van der Waals surface area contributed by atoms with Crippen molar-refractivity contribution in [1.82, 2.24) is 4.31 Å². The lowest BCUT2D eigenvalue weighted by Crippen LogP contribution is -2.44. The van der Waals surface area contributed by atoms with Crippen LogP contribution in [0.1, 0.15) is 18.1 Å². The van der Waals surface area contributed by atoms with Crippen LogP contribution in [0.2, 0.25) is 0 Å². The van der Waals surface area contributed by atoms with E-state index in [0.717, 1.165) is 11.1 Å². The van der Waals surface area contributed by atoms with Gasteiger partial charge in [0, 0.05) is 19.6 Å². The molecule has 1 atom stereocenters. The third-order valence-corrected chi connectivity index (χ3v) is 4.99. The molecule has 1 heterocycles. The number of sulfonamides is 1. The molecular weight excluding hydrogens is 264 g/mol. The van der Waals surface area contributed by atoms with Crippen molar-refractivity contribution in [2.24, 2.45) is 5.73 Å². The molecule has 0 aromatic heterocycles. The molecule has 1 unspecified atom stereocenters. The summed E-state index contributed by atoms with van der Waals surface area (Å²) >= 11 is 0. The van der Waals surface area contributed by atoms with E-state index in [0.29, 0.717) is 26.2 Å². The summed E-state index contributed by atoms with van der Waals surface area (Å²) in [5.74, 6) is 0.0214. The molecule has 0 bridgehead atoms. The van der Waals surface area contributed by atoms with Crippen LogP contribution >= 0.6 is 0 Å². The molecule has 0 radical (unpaired) electrons. The summed E-state index contributed by atoms with van der Waals surface area (Å²) in [6.45, 7) is 3.63. The first-order chi connectivity index (χ1) is 9.01. The van der Waals surface area contributed by atoms with E-state index in [-0.39, 0.29) is 11.9 Å². The molecular formula is C13H20N2O3S. The van der Waals surface area contributed by atoms with Crippen LogP contribution in [0.4, 0.5) is 0 Å². The van der Waals surface area contributed by atoms with Crippen molar-refractivity contribution in [2.75, 3.05) is 19.7 Å². The number of hydrogen-bond acceptors (Lipinski definition) is 4. The summed E-state index contributed by atoms with van der Waals surface area (Å²) in [7, 11) is -3.28. The van der Waals surface area contributed by atoms with E-state index >= 15 is 0 Å². The first-order valence-electron chi connectivity index (χ1n) is 6.38. The van der Waals surface area contributed by atoms with Crippen LogP contribution in [-0.2, 0) is 27.1 Å². The van der Waals surface area contributed by atoms with Gasteiger partial charge in [0.2, 0.25) is 10.0 Å². The maximum absolute atomic E-state index is 12.3. The normalized spacial score (nSPS) is 21.5. The van der Waals surface area contributed by atoms with Gasteiger partial charge >= 0.3 is 0 Å². The van der Waals surface area contributed by atoms with Gasteiger partial charge in [0.1, 0.15) is 0 Å². The zero-order chi connectivity index (χ0) is 13.9. The molecule has 6 heteroatoms. The second kappa shape index (κ2) is 6.00. The Labute approximate surface area is 114 Å². The number of hydrogen-bond donors (Lipinski definition) is 1. The Morgan fingerprint density at radius 3 is 2.84 bits per heavy atom. The minimum atomic E-state index is -3.28. The monoisotopic (exact) mass is 284 g/mol. The lowest BCUT2D eigenvalue weighted by atomic mass is 10.1. The smallest absolute Gasteiger partial charge is 0.218 e. The number of ether oxygens (including phenoxy) is 1. The number of benzene rings is 1. The molecule has 1 fully saturated rings. The van der Waals surface area contributed by atoms with Gasteiger partial charge in [-0.2, -0.15) is 4.31 Å². The van der Waals surface area contributed by atoms with Gasteiger partial charge in [0.25, 0.3) is 0 Å². The van der Waals surface area contributed by atoms with Crippen LogP contribution in [0.25, 0.3) is 0 Å². The summed E-state index contributed by atoms with van der Waals surface area (Å²) in [6, 6.07) is 7.41. The zero-order valence-corrected chi connectivity index (χ0v) is 11.9. The second-order valence-electron chi connectivity index (χ2n) is 4.82. The van der Waals surface area contributed by atoms with E-state index in [1.807, 2.05) is 31.2 Å². The van der Waals surface area contributed by atoms with Crippen molar-refractivity contribution in [3.63, 3.8) is 0 Å². The molecule has 2 N–H and O–H groups in total. The van der Waals surface area contributed by atoms with Crippen LogP contribution in [0, 0.1) is 0 Å². The van der Waals surface area contributed by atoms with Gasteiger partial charge in [0.15, 0.2) is 0 Å². The first kappa shape index (κ1) is 14.5. The molecule has 1 aromatic carbocycles. The summed E-state index contributed by atoms with van der Waals surface area (Å²) in [5, 5.41) is 0. The molecule has 1 aliphatic rings. The molecule has 0 saturated carbocycles. The summed E-state index contributed by atoms with van der Waals surface area (Å²) < 4.78 is 31.6. The quantitative estimate of drug-likeness (QED) is 0.883. The third-order valence-electron chi connectivity index (χ3n) is 3.17. The molecule has 1 aliphatic heterocycles. The van der Waals surface area contributed by atoms with Crippen molar-refractivity contribution < 1.29 is 13.2 Å². The highest BCUT2D eigenvalue weighted by atomic mass is 32.2. The van der Waals surface area contributed by atoms with Gasteiger partial charge < -0.3 is 10.5 Å². The van der Waals surface area contributed by atoms with Crippen molar-refractivity contribution in [3.8, 4) is 0 Å². The second-order valence-corrected chi connectivity index (χ2v) is 6.79. The lowest BCUT2D eigenvalue weighted by molar-refractivity contribution is 0.0101. The van der Waals surface area contributed by atoms with Crippen LogP contribution in [0.5, 0.6) is 0 Å². The SMILES string of the molecule is CC1CN(S(=O)(=O)Cc2cccc(CN)c2)CCO1. The van der Waals surface area contributed by atoms with E-state index in [1.54, 1.807) is 0 Å². The molecule has 106 valence electrons. The molecule has 19 heavy (non-hydrogen) atoms. The van der Waals surface area contributed by atoms with Gasteiger partial charge in [-0.25, -0.2) is 8.42 Å². The summed E-state index contributed by atoms with van der Waals surface area (Å²) in [6.07, 6.45) is -0.0427. The van der Waals surface area contributed by atoms with Crippen molar-refractivity contribution >= 4 is 10.0 Å². The largest absolute Gasteiger partial charge is 0.376 e. The van der Waals surface area contributed by atoms with Crippen LogP contribution in [0.15, 0.2) is 24.3 Å². The Balaban J connectivity index is 2.11. The number of nitrogens with zero attached hydrogens (tertiary/aromatic N) is 1. The van der Waals surface area contributed by atoms with Crippen molar-refractivity contribution in [2.45, 2.75) is 25.3 Å². The van der Waals surface area contributed by atoms with Gasteiger partial charge in [-0.05, 0) is 18.1 Å². The Morgan fingerprint density at radius 1 is 1.42 bits per heavy atom. The predicted octanol–water partition coefficient (Wildman–Crippen LogP) is 0.696. The standard InChI is InChI=1S/C13H20N2O3S/c1-11-9-15(5-6-18-11)19(16,17)10-13-4-2-3-12(7-13)8-14/h2-4,7,11H,5-6,8-10,14H2,1H3. The van der Waals surface area contributed by atoms with Crippen LogP contribution < -0.4 is 5.73 Å². The molecule has 5 nitrogen and oxygen atoms in total. The fourth-order valence-electron chi connectivity index (χ4n) is 2.19. The Morgan fingerprint density at radius 2 is 2.16 bits per heavy atom. The van der Waals surface area contributed by atoms with Gasteiger partial charge in [0.05, 0.1) is 18.5 Å². The minimum absolute atomic E-state index is 0.0214. The Hall–Kier alpha value is -0.950. The fourth-order valence-corrected chi connectivity index (χ4v) is 3.76. The summed E-state index contributed by atoms with van der Waals surface area (Å²) in [5.41, 5.74) is 7.29. The van der Waals surface area contributed by atoms with E-state index in [1.165, 1.54) is 4.31 Å². The van der Waals surface area contributed by atoms with Crippen LogP contribution in [0.3, 0.4) is 0 Å². The highest BCUT2D eigenvalue weighted by Crippen LogP contribution is 2.15. The van der Waals surface area contributed by atoms with E-state index in [9.17, 15) is 8.42 Å². The zero-order valence-electron chi connectivity index (χ0n) is 11.1. The van der Waals surface area contributed by atoms with Gasteiger partial charge in [-0.3, -0.25) is 0 Å². The molecule has 2 rings (SSSR count). The van der Waals surface area contributed by atoms with Gasteiger partial charge in [-0.15, -0.1) is 0 Å². The highest BCUT2D eigenvalue weighted by Gasteiger charge is 2.27. The van der Waals surface area contributed by atoms with Crippen LogP contribution in [-0.4, -0.2) is 38.5 Å². The number of nitrogens with two attached hydrogens (primary N) is 1. The maximum Gasteiger partial charge on any atom is 0.218 e. The molecule has 1 saturated heterocycles. The van der Waals surface area contributed by atoms with Crippen molar-refractivity contribution in [3.05, 3.63) is 35.4 Å². The predicted molar refractivity (Wildman–Crippen MR) is 73.9 cm³/mol. The van der Waals surface area contributed by atoms with Crippen molar-refractivity contribution in [1.29, 1.82) is 0 Å². The Kier molecular flexibility index (Phi) is 4.57. The maximum atomic E-state index is 12.3. The van der Waals surface area contributed by atoms with E-state index < -0.39 is 10.0 Å². The topological polar surface area (TPSA) is 72.6 Å². The minimum Gasteiger partial charge on any atom is -0.376 e. The molecule has 1 aromatic rings. The average molecular weight is 284 g/mol. The number of morpholine rings is 1. The van der Waals surface area contributed by atoms with E-state index in [4.69, 9.17) is 10.5 Å². The highest BCUT2D eigenvalue weighted by molar-refractivity contribution is 7.88. The average Bonchev–Trinajstić information content (AvgIpc) is 2.38. The Bertz CT molecular complexity index is 530.